The minimum Gasteiger partial charge on any atom is -0.778 e. The Morgan fingerprint density at radius 2 is 1.65 bits per heavy atom. The molecule has 1 saturated heterocycles. The monoisotopic (exact) mass is 1010 g/mol. The Bertz CT molecular complexity index is 2390. The highest BCUT2D eigenvalue weighted by Gasteiger charge is 2.40. The molecule has 0 bridgehead atoms. The highest BCUT2D eigenvalue weighted by molar-refractivity contribution is 7.94. The molecule has 1 aliphatic carbocycles. The molecule has 3 aromatic rings. The smallest absolute Gasteiger partial charge is 0.427 e. The predicted octanol–water partition coefficient (Wildman–Crippen LogP) is 3.34. The fourth-order valence-electron chi connectivity index (χ4n) is 5.13. The van der Waals surface area contributed by atoms with Gasteiger partial charge in [0.05, 0.1) is 74.3 Å². The normalized spacial score (nSPS) is 14.2. The van der Waals surface area contributed by atoms with Gasteiger partial charge in [-0.25, -0.2) is 28.6 Å². The number of carbonyl (C=O) groups is 5. The van der Waals surface area contributed by atoms with Crippen molar-refractivity contribution in [3.63, 3.8) is 0 Å². The molecule has 5 amide bonds. The number of imide groups is 1. The molecule has 2 aliphatic rings. The first-order valence-electron chi connectivity index (χ1n) is 19.0. The van der Waals surface area contributed by atoms with Gasteiger partial charge in [-0.05, 0) is 74.2 Å². The van der Waals surface area contributed by atoms with E-state index in [1.54, 1.807) is 18.6 Å². The van der Waals surface area contributed by atoms with E-state index in [0.29, 0.717) is 21.4 Å². The van der Waals surface area contributed by atoms with Crippen molar-refractivity contribution in [3.05, 3.63) is 64.3 Å². The van der Waals surface area contributed by atoms with Gasteiger partial charge in [0.25, 0.3) is 15.9 Å². The number of rotatable bonds is 13. The van der Waals surface area contributed by atoms with Crippen molar-refractivity contribution in [1.29, 1.82) is 0 Å². The molecule has 364 valence electrons. The van der Waals surface area contributed by atoms with E-state index in [1.165, 1.54) is 63.7 Å². The van der Waals surface area contributed by atoms with E-state index in [9.17, 15) is 46.2 Å². The number of carboxylic acid groups (broad SMARTS) is 1. The van der Waals surface area contributed by atoms with Crippen molar-refractivity contribution in [2.45, 2.75) is 50.7 Å². The molecule has 28 heteroatoms. The third-order valence-electron chi connectivity index (χ3n) is 7.86. The number of pyridine rings is 1. The second-order valence-electron chi connectivity index (χ2n) is 14.3. The first kappa shape index (κ1) is 56.5. The summed E-state index contributed by atoms with van der Waals surface area (Å²) in [5, 5.41) is 11.6. The van der Waals surface area contributed by atoms with Crippen LogP contribution >= 0.6 is 19.2 Å². The van der Waals surface area contributed by atoms with Crippen molar-refractivity contribution < 1.29 is 75.2 Å². The van der Waals surface area contributed by atoms with E-state index in [2.05, 4.69) is 39.0 Å². The van der Waals surface area contributed by atoms with Crippen molar-refractivity contribution in [1.82, 2.24) is 29.9 Å². The minimum atomic E-state index is -4.46. The zero-order valence-electron chi connectivity index (χ0n) is 37.2. The topological polar surface area (TPSA) is 318 Å². The van der Waals surface area contributed by atoms with Gasteiger partial charge < -0.3 is 43.3 Å². The average Bonchev–Trinajstić information content (AvgIpc) is 3.84. The van der Waals surface area contributed by atoms with Crippen LogP contribution < -0.4 is 39.4 Å². The van der Waals surface area contributed by atoms with E-state index in [1.807, 2.05) is 5.32 Å². The van der Waals surface area contributed by atoms with Crippen molar-refractivity contribution >= 4 is 81.7 Å². The van der Waals surface area contributed by atoms with Crippen LogP contribution in [0.1, 0.15) is 49.9 Å². The van der Waals surface area contributed by atoms with Crippen molar-refractivity contribution in [3.8, 4) is 17.5 Å². The SMILES string of the molecule is CC(C)=C1OC(=O)N(c2cc(OC3CCCC3)c(Cl)cc2F)C1=O.COc1cc(OC)nc(NC(=O)NS(=O)(=O)c2ncccc2C(=O)N(C)C)n1.C[S+](C)C.O=C(O)CNCP(=O)([O-])O. The number of hydrogen-bond acceptors (Lipinski definition) is 17. The van der Waals surface area contributed by atoms with Crippen LogP contribution in [-0.4, -0.2) is 134 Å². The number of ether oxygens (including phenoxy) is 4. The molecule has 66 heavy (non-hydrogen) atoms. The van der Waals surface area contributed by atoms with Crippen LogP contribution in [0.25, 0.3) is 0 Å². The van der Waals surface area contributed by atoms with Crippen LogP contribution in [0.15, 0.2) is 52.9 Å². The molecular formula is C38H51ClFN8O15PS2. The van der Waals surface area contributed by atoms with Gasteiger partial charge in [-0.15, -0.1) is 0 Å². The van der Waals surface area contributed by atoms with E-state index < -0.39 is 71.2 Å². The second kappa shape index (κ2) is 25.9. The summed E-state index contributed by atoms with van der Waals surface area (Å²) < 4.78 is 71.7. The van der Waals surface area contributed by atoms with Crippen molar-refractivity contribution in [2.24, 2.45) is 0 Å². The number of carbonyl (C=O) groups excluding carboxylic acids is 4. The number of aliphatic carboxylic acids is 1. The first-order chi connectivity index (χ1) is 30.7. The zero-order valence-corrected chi connectivity index (χ0v) is 40.5. The summed E-state index contributed by atoms with van der Waals surface area (Å²) in [4.78, 5) is 89.7. The summed E-state index contributed by atoms with van der Waals surface area (Å²) in [5.41, 5.74) is 0.124. The maximum absolute atomic E-state index is 14.3. The number of aromatic nitrogens is 3. The molecule has 5 rings (SSSR count). The predicted molar refractivity (Wildman–Crippen MR) is 239 cm³/mol. The number of nitrogens with one attached hydrogen (secondary N) is 3. The molecule has 5 N–H and O–H groups in total. The highest BCUT2D eigenvalue weighted by Crippen LogP contribution is 2.37. The van der Waals surface area contributed by atoms with Gasteiger partial charge in [-0.2, -0.15) is 18.4 Å². The van der Waals surface area contributed by atoms with E-state index in [4.69, 9.17) is 40.5 Å². The number of urea groups is 1. The fourth-order valence-corrected chi connectivity index (χ4v) is 6.76. The molecule has 0 spiro atoms. The minimum absolute atomic E-state index is 0.00962. The van der Waals surface area contributed by atoms with Crippen LogP contribution in [0.5, 0.6) is 17.5 Å². The third kappa shape index (κ3) is 18.3. The lowest BCUT2D eigenvalue weighted by molar-refractivity contribution is -0.193. The molecule has 0 radical (unpaired) electrons. The first-order valence-corrected chi connectivity index (χ1v) is 25.1. The molecule has 1 atom stereocenters. The summed E-state index contributed by atoms with van der Waals surface area (Å²) in [6.45, 7) is 2.79. The molecule has 23 nitrogen and oxygen atoms in total. The summed E-state index contributed by atoms with van der Waals surface area (Å²) in [5.74, 6) is -3.16. The Kier molecular flexibility index (Phi) is 22.2. The molecular weight excluding hydrogens is 958 g/mol. The second-order valence-corrected chi connectivity index (χ2v) is 20.4. The van der Waals surface area contributed by atoms with Gasteiger partial charge in [-0.3, -0.25) is 25.0 Å². The van der Waals surface area contributed by atoms with Gasteiger partial charge in [0.2, 0.25) is 17.7 Å². The quantitative estimate of drug-likeness (QED) is 0.0931. The van der Waals surface area contributed by atoms with Crippen LogP contribution in [0, 0.1) is 5.82 Å². The molecule has 1 saturated carbocycles. The number of anilines is 2. The number of allylic oxidation sites excluding steroid dienone is 1. The fraction of sp³-hybridized carbons (Fsp3) is 0.421. The number of amides is 5. The number of benzene rings is 1. The number of cyclic esters (lactones) is 1. The van der Waals surface area contributed by atoms with E-state index >= 15 is 0 Å². The van der Waals surface area contributed by atoms with Crippen LogP contribution in [0.2, 0.25) is 5.02 Å². The Morgan fingerprint density at radius 1 is 1.08 bits per heavy atom. The number of carboxylic acids is 1. The molecule has 1 unspecified atom stereocenters. The average molecular weight is 1010 g/mol. The van der Waals surface area contributed by atoms with Gasteiger partial charge >= 0.3 is 24.0 Å². The number of halogens is 2. The van der Waals surface area contributed by atoms with Gasteiger partial charge in [0.15, 0.2) is 10.8 Å². The summed E-state index contributed by atoms with van der Waals surface area (Å²) in [6.07, 6.45) is 10.1. The van der Waals surface area contributed by atoms with E-state index in [-0.39, 0.29) is 51.6 Å². The summed E-state index contributed by atoms with van der Waals surface area (Å²) in [7, 11) is -2.56. The number of hydrogen-bond donors (Lipinski definition) is 5. The summed E-state index contributed by atoms with van der Waals surface area (Å²) >= 11 is 6.04. The maximum Gasteiger partial charge on any atom is 0.427 e. The standard InChI is InChI=1S/C17H17ClFNO4.C15H18N6O6S.C3H8NO5P.C3H9S/c1-9(2)15-16(21)20(17(22)24-15)13-8-14(11(18)7-12(13)19)23-10-5-3-4-6-10;1-21(2)13(22)9-6-5-7-16-12(9)28(24,25)20-15(23)19-14-17-10(26-3)8-11(18-14)27-4;5-3(6)1-4-2-10(7,8)9;1-4(2)3/h7-8,10H,3-6H2,1-2H3;5-8H,1-4H3,(H2,17,18,19,20,23);4H,1-2H2,(H,5,6)(H2,7,8,9);1-3H3/q;;;+1/p-1. The van der Waals surface area contributed by atoms with Crippen LogP contribution in [0.4, 0.5) is 25.6 Å². The Morgan fingerprint density at radius 3 is 2.14 bits per heavy atom. The highest BCUT2D eigenvalue weighted by atomic mass is 35.5. The van der Waals surface area contributed by atoms with Gasteiger partial charge in [-0.1, -0.05) is 11.6 Å². The van der Waals surface area contributed by atoms with Gasteiger partial charge in [0.1, 0.15) is 19.2 Å². The largest absolute Gasteiger partial charge is 0.778 e. The molecule has 1 aliphatic heterocycles. The van der Waals surface area contributed by atoms with Gasteiger partial charge in [0, 0.05) is 26.4 Å². The zero-order chi connectivity index (χ0) is 50.1. The van der Waals surface area contributed by atoms with Crippen molar-refractivity contribution in [2.75, 3.05) is 70.1 Å². The molecule has 1 aromatic carbocycles. The summed E-state index contributed by atoms with van der Waals surface area (Å²) in [6, 6.07) is 5.23. The molecule has 3 heterocycles. The Labute approximate surface area is 388 Å². The molecule has 2 aromatic heterocycles. The lowest BCUT2D eigenvalue weighted by atomic mass is 10.2. The maximum atomic E-state index is 14.3. The van der Waals surface area contributed by atoms with Crippen LogP contribution in [0.3, 0.4) is 0 Å². The lowest BCUT2D eigenvalue weighted by Crippen LogP contribution is -2.36. The Balaban J connectivity index is 0.000000355. The van der Waals surface area contributed by atoms with E-state index in [0.717, 1.165) is 31.7 Å². The number of sulfonamides is 1. The number of nitrogens with zero attached hydrogens (tertiary/aromatic N) is 5. The Hall–Kier alpha value is -5.63. The number of methoxy groups -OCH3 is 2. The molecule has 2 fully saturated rings. The lowest BCUT2D eigenvalue weighted by Gasteiger charge is -2.18. The van der Waals surface area contributed by atoms with Crippen LogP contribution in [-0.2, 0) is 39.8 Å². The third-order valence-corrected chi connectivity index (χ3v) is 10.1.